The first-order valence-corrected chi connectivity index (χ1v) is 11.2. The Morgan fingerprint density at radius 2 is 1.79 bits per heavy atom. The molecule has 1 aromatic heterocycles. The Morgan fingerprint density at radius 1 is 1.11 bits per heavy atom. The number of fused-ring (bicyclic) bond motifs is 3. The van der Waals surface area contributed by atoms with Gasteiger partial charge in [-0.05, 0) is 36.4 Å². The Kier molecular flexibility index (Phi) is 3.97. The summed E-state index contributed by atoms with van der Waals surface area (Å²) in [5.41, 5.74) is 0.617. The van der Waals surface area contributed by atoms with Gasteiger partial charge in [-0.1, -0.05) is 12.1 Å². The third-order valence-corrected chi connectivity index (χ3v) is 6.46. The van der Waals surface area contributed by atoms with Crippen molar-refractivity contribution in [2.75, 3.05) is 16.3 Å². The average Bonchev–Trinajstić information content (AvgIpc) is 3.05. The van der Waals surface area contributed by atoms with Crippen molar-refractivity contribution in [3.8, 4) is 5.69 Å². The maximum Gasteiger partial charge on any atom is 0.295 e. The van der Waals surface area contributed by atoms with Gasteiger partial charge in [0.2, 0.25) is 11.8 Å². The fourth-order valence-electron chi connectivity index (χ4n) is 2.65. The quantitative estimate of drug-likeness (QED) is 0.646. The highest BCUT2D eigenvalue weighted by Crippen LogP contribution is 2.29. The second-order valence-electron chi connectivity index (χ2n) is 5.99. The van der Waals surface area contributed by atoms with Gasteiger partial charge in [-0.2, -0.15) is 9.67 Å². The fourth-order valence-corrected chi connectivity index (χ4v) is 4.45. The van der Waals surface area contributed by atoms with Crippen LogP contribution in [0.2, 0.25) is 0 Å². The molecule has 0 unspecified atom stereocenters. The van der Waals surface area contributed by atoms with Crippen molar-refractivity contribution in [2.45, 2.75) is 9.79 Å². The number of sulfonamides is 1. The van der Waals surface area contributed by atoms with Gasteiger partial charge in [0.05, 0.1) is 10.6 Å². The van der Waals surface area contributed by atoms with Gasteiger partial charge < -0.3 is 5.32 Å². The lowest BCUT2D eigenvalue weighted by molar-refractivity contribution is 0.101. The molecule has 2 heterocycles. The van der Waals surface area contributed by atoms with Crippen LogP contribution >= 0.6 is 0 Å². The highest BCUT2D eigenvalue weighted by atomic mass is 32.2. The van der Waals surface area contributed by atoms with E-state index in [1.165, 1.54) is 35.0 Å². The van der Waals surface area contributed by atoms with Crippen molar-refractivity contribution in [3.05, 3.63) is 54.4 Å². The summed E-state index contributed by atoms with van der Waals surface area (Å²) >= 11 is 0. The summed E-state index contributed by atoms with van der Waals surface area (Å²) in [7, 11) is -7.16. The number of nitrogens with zero attached hydrogens (tertiary/aromatic N) is 3. The number of hydrogen-bond acceptors (Lipinski definition) is 7. The molecule has 144 valence electrons. The molecule has 1 aliphatic heterocycles. The number of amides is 1. The van der Waals surface area contributed by atoms with Gasteiger partial charge in [-0.25, -0.2) is 21.6 Å². The maximum atomic E-state index is 12.4. The highest BCUT2D eigenvalue weighted by Gasteiger charge is 2.30. The van der Waals surface area contributed by atoms with Crippen LogP contribution in [0.25, 0.3) is 5.69 Å². The summed E-state index contributed by atoms with van der Waals surface area (Å²) in [4.78, 5) is 16.5. The number of aromatic nitrogens is 3. The molecule has 4 rings (SSSR count). The van der Waals surface area contributed by atoms with E-state index in [1.54, 1.807) is 18.2 Å². The molecule has 3 aromatic rings. The summed E-state index contributed by atoms with van der Waals surface area (Å²) < 4.78 is 51.0. The summed E-state index contributed by atoms with van der Waals surface area (Å²) in [6.45, 7) is 0. The van der Waals surface area contributed by atoms with E-state index in [1.807, 2.05) is 0 Å². The zero-order chi connectivity index (χ0) is 20.1. The predicted octanol–water partition coefficient (Wildman–Crippen LogP) is 1.04. The highest BCUT2D eigenvalue weighted by molar-refractivity contribution is 7.93. The Labute approximate surface area is 160 Å². The van der Waals surface area contributed by atoms with E-state index >= 15 is 0 Å². The summed E-state index contributed by atoms with van der Waals surface area (Å²) in [6, 6.07) is 11.8. The number of nitrogens with one attached hydrogen (secondary N) is 2. The third kappa shape index (κ3) is 3.12. The number of hydrogen-bond donors (Lipinski definition) is 2. The first-order chi connectivity index (χ1) is 13.1. The molecular weight excluding hydrogens is 406 g/mol. The number of carbonyl (C=O) groups excluding carboxylic acids is 1. The third-order valence-electron chi connectivity index (χ3n) is 3.96. The molecule has 0 atom stereocenters. The fraction of sp³-hybridized carbons (Fsp3) is 0.0625. The van der Waals surface area contributed by atoms with Gasteiger partial charge in [-0.3, -0.25) is 4.79 Å². The lowest BCUT2D eigenvalue weighted by Crippen LogP contribution is -2.23. The van der Waals surface area contributed by atoms with E-state index in [0.717, 1.165) is 6.26 Å². The molecule has 0 bridgehead atoms. The molecule has 12 heteroatoms. The summed E-state index contributed by atoms with van der Waals surface area (Å²) in [5, 5.41) is 6.62. The van der Waals surface area contributed by atoms with Crippen LogP contribution in [-0.4, -0.2) is 43.8 Å². The van der Waals surface area contributed by atoms with Crippen LogP contribution in [0.3, 0.4) is 0 Å². The van der Waals surface area contributed by atoms with Crippen LogP contribution in [-0.2, 0) is 19.9 Å². The zero-order valence-corrected chi connectivity index (χ0v) is 16.0. The minimum absolute atomic E-state index is 0.0238. The normalized spacial score (nSPS) is 14.5. The second-order valence-corrected chi connectivity index (χ2v) is 9.66. The minimum Gasteiger partial charge on any atom is -0.319 e. The van der Waals surface area contributed by atoms with E-state index in [-0.39, 0.29) is 27.3 Å². The molecule has 2 aromatic carbocycles. The molecule has 0 radical (unpaired) electrons. The summed E-state index contributed by atoms with van der Waals surface area (Å²) in [6.07, 6.45) is 1.08. The van der Waals surface area contributed by atoms with Crippen LogP contribution < -0.4 is 10.0 Å². The average molecular weight is 419 g/mol. The number of rotatable bonds is 3. The number of carbonyl (C=O) groups is 1. The van der Waals surface area contributed by atoms with Crippen LogP contribution in [0.5, 0.6) is 0 Å². The van der Waals surface area contributed by atoms with Crippen molar-refractivity contribution in [1.29, 1.82) is 0 Å². The van der Waals surface area contributed by atoms with E-state index in [2.05, 4.69) is 20.1 Å². The lowest BCUT2D eigenvalue weighted by atomic mass is 10.3. The van der Waals surface area contributed by atoms with Crippen LogP contribution in [0.1, 0.15) is 10.6 Å². The largest absolute Gasteiger partial charge is 0.319 e. The number of sulfone groups is 1. The first kappa shape index (κ1) is 18.1. The first-order valence-electron chi connectivity index (χ1n) is 7.86. The van der Waals surface area contributed by atoms with Crippen molar-refractivity contribution in [1.82, 2.24) is 14.8 Å². The van der Waals surface area contributed by atoms with Crippen molar-refractivity contribution in [2.24, 2.45) is 0 Å². The monoisotopic (exact) mass is 419 g/mol. The molecule has 1 amide bonds. The molecular formula is C16H13N5O5S2. The van der Waals surface area contributed by atoms with Crippen LogP contribution in [0, 0.1) is 0 Å². The Hall–Kier alpha value is -3.25. The van der Waals surface area contributed by atoms with Gasteiger partial charge in [0.1, 0.15) is 4.90 Å². The molecule has 0 aliphatic carbocycles. The van der Waals surface area contributed by atoms with E-state index < -0.39 is 25.8 Å². The molecule has 0 spiro atoms. The van der Waals surface area contributed by atoms with Gasteiger partial charge in [0.25, 0.3) is 15.9 Å². The van der Waals surface area contributed by atoms with Crippen LogP contribution in [0.4, 0.5) is 11.6 Å². The van der Waals surface area contributed by atoms with Gasteiger partial charge in [0.15, 0.2) is 9.84 Å². The number of para-hydroxylation sites is 1. The maximum absolute atomic E-state index is 12.4. The number of anilines is 2. The van der Waals surface area contributed by atoms with Crippen LogP contribution in [0.15, 0.2) is 58.3 Å². The summed E-state index contributed by atoms with van der Waals surface area (Å²) in [5.74, 6) is -1.02. The van der Waals surface area contributed by atoms with E-state index in [9.17, 15) is 21.6 Å². The number of benzene rings is 2. The van der Waals surface area contributed by atoms with Gasteiger partial charge >= 0.3 is 0 Å². The second kappa shape index (κ2) is 6.14. The molecule has 0 saturated carbocycles. The molecule has 0 saturated heterocycles. The van der Waals surface area contributed by atoms with Gasteiger partial charge in [-0.15, -0.1) is 5.10 Å². The van der Waals surface area contributed by atoms with Gasteiger partial charge in [0, 0.05) is 11.9 Å². The zero-order valence-electron chi connectivity index (χ0n) is 14.3. The van der Waals surface area contributed by atoms with Crippen molar-refractivity contribution >= 4 is 37.4 Å². The minimum atomic E-state index is -3.81. The van der Waals surface area contributed by atoms with Crippen molar-refractivity contribution < 1.29 is 21.6 Å². The standard InChI is InChI=1S/C16H13N5O5S2/c1-27(23,24)11-8-6-10(7-9-11)17-15(22)14-18-16-20-28(25,26)13-5-3-2-4-12(13)21(16)19-14/h2-9H,1H3,(H,17,22)(H,18,19,20). The molecule has 0 fully saturated rings. The molecule has 10 nitrogen and oxygen atoms in total. The SMILES string of the molecule is CS(=O)(=O)c1ccc(NC(=O)c2nc3n(n2)-c2ccccc2S(=O)(=O)N3)cc1. The van der Waals surface area contributed by atoms with Crippen molar-refractivity contribution in [3.63, 3.8) is 0 Å². The molecule has 2 N–H and O–H groups in total. The lowest BCUT2D eigenvalue weighted by Gasteiger charge is -2.17. The smallest absolute Gasteiger partial charge is 0.295 e. The predicted molar refractivity (Wildman–Crippen MR) is 99.7 cm³/mol. The topological polar surface area (TPSA) is 140 Å². The Balaban J connectivity index is 1.64. The molecule has 1 aliphatic rings. The Bertz CT molecular complexity index is 1310. The van der Waals surface area contributed by atoms with E-state index in [4.69, 9.17) is 0 Å². The van der Waals surface area contributed by atoms with E-state index in [0.29, 0.717) is 5.69 Å². The molecule has 28 heavy (non-hydrogen) atoms. The Morgan fingerprint density at radius 3 is 2.46 bits per heavy atom.